The zero-order valence-electron chi connectivity index (χ0n) is 15.4. The van der Waals surface area contributed by atoms with Crippen molar-refractivity contribution in [2.24, 2.45) is 0 Å². The number of aryl methyl sites for hydroxylation is 1. The van der Waals surface area contributed by atoms with Crippen LogP contribution in [0.5, 0.6) is 5.75 Å². The Morgan fingerprint density at radius 3 is 2.46 bits per heavy atom. The van der Waals surface area contributed by atoms with Gasteiger partial charge in [-0.3, -0.25) is 9.78 Å². The molecule has 2 aromatic carbocycles. The molecule has 3 aromatic rings. The van der Waals surface area contributed by atoms with Crippen LogP contribution in [0, 0.1) is 6.92 Å². The summed E-state index contributed by atoms with van der Waals surface area (Å²) in [6.07, 6.45) is -3.92. The van der Waals surface area contributed by atoms with Gasteiger partial charge in [0.25, 0.3) is 5.91 Å². The zero-order valence-corrected chi connectivity index (χ0v) is 15.4. The number of aromatic nitrogens is 1. The van der Waals surface area contributed by atoms with E-state index in [0.717, 1.165) is 23.0 Å². The molecule has 3 rings (SSSR count). The topological polar surface area (TPSA) is 51.2 Å². The second kappa shape index (κ2) is 7.88. The SMILES string of the molecule is COc1ccc2cc(C(=O)NCCc3ccc(C(F)(F)F)cc3)c(C)nc2c1. The van der Waals surface area contributed by atoms with Gasteiger partial charge < -0.3 is 10.1 Å². The van der Waals surface area contributed by atoms with Crippen molar-refractivity contribution in [3.8, 4) is 5.75 Å². The summed E-state index contributed by atoms with van der Waals surface area (Å²) in [4.78, 5) is 16.9. The molecule has 0 aliphatic heterocycles. The minimum atomic E-state index is -4.35. The molecule has 0 aliphatic rings. The van der Waals surface area contributed by atoms with Crippen LogP contribution in [0.3, 0.4) is 0 Å². The van der Waals surface area contributed by atoms with Crippen molar-refractivity contribution in [1.82, 2.24) is 10.3 Å². The van der Waals surface area contributed by atoms with E-state index in [-0.39, 0.29) is 5.91 Å². The molecule has 0 radical (unpaired) electrons. The average Bonchev–Trinajstić information content (AvgIpc) is 2.66. The van der Waals surface area contributed by atoms with Crippen LogP contribution in [-0.2, 0) is 12.6 Å². The fraction of sp³-hybridized carbons (Fsp3) is 0.238. The number of hydrogen-bond acceptors (Lipinski definition) is 3. The Balaban J connectivity index is 1.65. The third-order valence-corrected chi connectivity index (χ3v) is 4.44. The lowest BCUT2D eigenvalue weighted by molar-refractivity contribution is -0.137. The molecule has 0 bridgehead atoms. The first-order valence-electron chi connectivity index (χ1n) is 8.67. The number of benzene rings is 2. The molecule has 1 aromatic heterocycles. The molecule has 0 fully saturated rings. The van der Waals surface area contributed by atoms with Crippen LogP contribution in [0.2, 0.25) is 0 Å². The van der Waals surface area contributed by atoms with Gasteiger partial charge in [0.2, 0.25) is 0 Å². The Labute approximate surface area is 160 Å². The highest BCUT2D eigenvalue weighted by molar-refractivity contribution is 5.98. The standard InChI is InChI=1S/C21H19F3N2O2/c1-13-18(11-15-5-8-17(28-2)12-19(15)26-13)20(27)25-10-9-14-3-6-16(7-4-14)21(22,23)24/h3-8,11-12H,9-10H2,1-2H3,(H,25,27). The summed E-state index contributed by atoms with van der Waals surface area (Å²) in [5.74, 6) is 0.419. The number of pyridine rings is 1. The van der Waals surface area contributed by atoms with Gasteiger partial charge in [0, 0.05) is 18.0 Å². The number of ether oxygens (including phenoxy) is 1. The van der Waals surface area contributed by atoms with Gasteiger partial charge in [0.05, 0.1) is 29.4 Å². The molecule has 4 nitrogen and oxygen atoms in total. The highest BCUT2D eigenvalue weighted by Gasteiger charge is 2.29. The van der Waals surface area contributed by atoms with E-state index in [9.17, 15) is 18.0 Å². The highest BCUT2D eigenvalue weighted by Crippen LogP contribution is 2.29. The lowest BCUT2D eigenvalue weighted by atomic mass is 10.1. The first kappa shape index (κ1) is 19.7. The molecule has 1 heterocycles. The van der Waals surface area contributed by atoms with E-state index in [1.54, 1.807) is 32.2 Å². The van der Waals surface area contributed by atoms with Gasteiger partial charge in [0.1, 0.15) is 5.75 Å². The van der Waals surface area contributed by atoms with Crippen LogP contribution in [0.4, 0.5) is 13.2 Å². The van der Waals surface area contributed by atoms with Crippen LogP contribution in [0.15, 0.2) is 48.5 Å². The number of hydrogen-bond donors (Lipinski definition) is 1. The van der Waals surface area contributed by atoms with E-state index >= 15 is 0 Å². The Morgan fingerprint density at radius 2 is 1.82 bits per heavy atom. The number of fused-ring (bicyclic) bond motifs is 1. The largest absolute Gasteiger partial charge is 0.497 e. The number of halogens is 3. The molecular weight excluding hydrogens is 369 g/mol. The number of alkyl halides is 3. The lowest BCUT2D eigenvalue weighted by Gasteiger charge is -2.10. The first-order chi connectivity index (χ1) is 13.3. The van der Waals surface area contributed by atoms with Crippen molar-refractivity contribution in [1.29, 1.82) is 0 Å². The van der Waals surface area contributed by atoms with Crippen molar-refractivity contribution in [2.45, 2.75) is 19.5 Å². The van der Waals surface area contributed by atoms with E-state index in [1.807, 2.05) is 6.07 Å². The minimum Gasteiger partial charge on any atom is -0.497 e. The zero-order chi connectivity index (χ0) is 20.3. The summed E-state index contributed by atoms with van der Waals surface area (Å²) in [7, 11) is 1.58. The van der Waals surface area contributed by atoms with Crippen molar-refractivity contribution in [3.05, 3.63) is 70.9 Å². The molecule has 146 valence electrons. The van der Waals surface area contributed by atoms with Crippen LogP contribution >= 0.6 is 0 Å². The molecule has 7 heteroatoms. The van der Waals surface area contributed by atoms with Crippen molar-refractivity contribution >= 4 is 16.8 Å². The first-order valence-corrected chi connectivity index (χ1v) is 8.67. The fourth-order valence-corrected chi connectivity index (χ4v) is 2.88. The third kappa shape index (κ3) is 4.42. The van der Waals surface area contributed by atoms with Gasteiger partial charge in [-0.25, -0.2) is 0 Å². The van der Waals surface area contributed by atoms with Gasteiger partial charge >= 0.3 is 6.18 Å². The number of methoxy groups -OCH3 is 1. The lowest BCUT2D eigenvalue weighted by Crippen LogP contribution is -2.26. The van der Waals surface area contributed by atoms with Crippen LogP contribution in [0.1, 0.15) is 27.2 Å². The summed E-state index contributed by atoms with van der Waals surface area (Å²) in [5, 5.41) is 3.61. The van der Waals surface area contributed by atoms with Crippen molar-refractivity contribution < 1.29 is 22.7 Å². The van der Waals surface area contributed by atoms with Crippen molar-refractivity contribution in [3.63, 3.8) is 0 Å². The summed E-state index contributed by atoms with van der Waals surface area (Å²) in [6, 6.07) is 12.1. The fourth-order valence-electron chi connectivity index (χ4n) is 2.88. The van der Waals surface area contributed by atoms with Gasteiger partial charge in [0.15, 0.2) is 0 Å². The quantitative estimate of drug-likeness (QED) is 0.698. The maximum absolute atomic E-state index is 12.6. The van der Waals surface area contributed by atoms with Crippen molar-refractivity contribution in [2.75, 3.05) is 13.7 Å². The molecule has 1 amide bonds. The monoisotopic (exact) mass is 388 g/mol. The summed E-state index contributed by atoms with van der Waals surface area (Å²) >= 11 is 0. The molecule has 0 spiro atoms. The van der Waals surface area contributed by atoms with Gasteiger partial charge in [-0.1, -0.05) is 12.1 Å². The van der Waals surface area contributed by atoms with Gasteiger partial charge in [-0.15, -0.1) is 0 Å². The van der Waals surface area contributed by atoms with Gasteiger partial charge in [-0.05, 0) is 49.2 Å². The second-order valence-electron chi connectivity index (χ2n) is 6.38. The molecule has 0 unspecified atom stereocenters. The van der Waals surface area contributed by atoms with Gasteiger partial charge in [-0.2, -0.15) is 13.2 Å². The Morgan fingerprint density at radius 1 is 1.11 bits per heavy atom. The van der Waals surface area contributed by atoms with E-state index in [0.29, 0.717) is 35.5 Å². The maximum Gasteiger partial charge on any atom is 0.416 e. The number of amides is 1. The maximum atomic E-state index is 12.6. The Hall–Kier alpha value is -3.09. The van der Waals surface area contributed by atoms with Crippen LogP contribution < -0.4 is 10.1 Å². The van der Waals surface area contributed by atoms with Crippen LogP contribution in [0.25, 0.3) is 10.9 Å². The van der Waals surface area contributed by atoms with E-state index in [2.05, 4.69) is 10.3 Å². The molecule has 0 aliphatic carbocycles. The minimum absolute atomic E-state index is 0.269. The molecule has 0 atom stereocenters. The predicted molar refractivity (Wildman–Crippen MR) is 101 cm³/mol. The number of rotatable bonds is 5. The number of carbonyl (C=O) groups is 1. The predicted octanol–water partition coefficient (Wildman–Crippen LogP) is 4.54. The van der Waals surface area contributed by atoms with E-state index < -0.39 is 11.7 Å². The molecule has 28 heavy (non-hydrogen) atoms. The summed E-state index contributed by atoms with van der Waals surface area (Å²) in [6.45, 7) is 2.06. The summed E-state index contributed by atoms with van der Waals surface area (Å²) < 4.78 is 42.9. The normalized spacial score (nSPS) is 11.5. The molecule has 1 N–H and O–H groups in total. The van der Waals surface area contributed by atoms with Crippen LogP contribution in [-0.4, -0.2) is 24.5 Å². The van der Waals surface area contributed by atoms with E-state index in [4.69, 9.17) is 4.74 Å². The summed E-state index contributed by atoms with van der Waals surface area (Å²) in [5.41, 5.74) is 1.82. The number of nitrogens with zero attached hydrogens (tertiary/aromatic N) is 1. The number of nitrogens with one attached hydrogen (secondary N) is 1. The smallest absolute Gasteiger partial charge is 0.416 e. The average molecular weight is 388 g/mol. The van der Waals surface area contributed by atoms with E-state index in [1.165, 1.54) is 12.1 Å². The molecular formula is C21H19F3N2O2. The second-order valence-corrected chi connectivity index (χ2v) is 6.38. The Bertz CT molecular complexity index is 999. The highest BCUT2D eigenvalue weighted by atomic mass is 19.4. The third-order valence-electron chi connectivity index (χ3n) is 4.44. The Kier molecular flexibility index (Phi) is 5.53. The molecule has 0 saturated carbocycles. The molecule has 0 saturated heterocycles. The number of carbonyl (C=O) groups excluding carboxylic acids is 1.